The number of hydrogen-bond acceptors (Lipinski definition) is 2. The molecule has 1 aromatic carbocycles. The maximum atomic E-state index is 11.7. The van der Waals surface area contributed by atoms with E-state index in [1.807, 2.05) is 0 Å². The molecule has 0 heterocycles. The maximum Gasteiger partial charge on any atom is 0.484 e. The van der Waals surface area contributed by atoms with Crippen LogP contribution in [0.3, 0.4) is 0 Å². The quantitative estimate of drug-likeness (QED) is 0.649. The Balaban J connectivity index is 2.43. The average molecular weight is 245 g/mol. The number of amides is 1. The average Bonchev–Trinajstić information content (AvgIpc) is 2.15. The van der Waals surface area contributed by atoms with Gasteiger partial charge in [0.1, 0.15) is 5.78 Å². The van der Waals surface area contributed by atoms with Crippen LogP contribution in [-0.2, 0) is 16.0 Å². The van der Waals surface area contributed by atoms with E-state index in [2.05, 4.69) is 0 Å². The molecule has 0 bridgehead atoms. The highest BCUT2D eigenvalue weighted by Gasteiger charge is 2.30. The van der Waals surface area contributed by atoms with Crippen molar-refractivity contribution < 1.29 is 22.8 Å². The Morgan fingerprint density at radius 3 is 2.24 bits per heavy atom. The van der Waals surface area contributed by atoms with Crippen LogP contribution in [0, 0.1) is 0 Å². The number of carbonyl (C=O) groups excluding carboxylic acids is 2. The fourth-order valence-corrected chi connectivity index (χ4v) is 1.27. The normalized spacial score (nSPS) is 11.0. The summed E-state index contributed by atoms with van der Waals surface area (Å²) < 4.78 is 35.2. The summed E-state index contributed by atoms with van der Waals surface area (Å²) in [5.74, 6) is -1.89. The van der Waals surface area contributed by atoms with Crippen LogP contribution >= 0.6 is 0 Å². The van der Waals surface area contributed by atoms with Gasteiger partial charge < -0.3 is 0 Å². The smallest absolute Gasteiger partial charge is 0.299 e. The molecule has 0 radical (unpaired) electrons. The fourth-order valence-electron chi connectivity index (χ4n) is 1.27. The molecular formula is C11H10F3NO2. The van der Waals surface area contributed by atoms with E-state index >= 15 is 0 Å². The topological polar surface area (TPSA) is 46.2 Å². The molecule has 0 atom stereocenters. The SMILES string of the molecule is O=C(CC(=O)NC(F)(F)F)Cc1ccccc1. The minimum absolute atomic E-state index is 0.0495. The van der Waals surface area contributed by atoms with Gasteiger partial charge in [0, 0.05) is 6.42 Å². The molecule has 0 unspecified atom stereocenters. The van der Waals surface area contributed by atoms with Gasteiger partial charge in [0.05, 0.1) is 6.42 Å². The predicted molar refractivity (Wildman–Crippen MR) is 54.0 cm³/mol. The molecule has 1 amide bonds. The minimum atomic E-state index is -4.79. The van der Waals surface area contributed by atoms with Crippen LogP contribution in [0.4, 0.5) is 13.2 Å². The molecule has 0 aliphatic heterocycles. The highest BCUT2D eigenvalue weighted by Crippen LogP contribution is 2.10. The molecule has 0 fully saturated rings. The predicted octanol–water partition coefficient (Wildman–Crippen LogP) is 1.82. The molecule has 0 aliphatic rings. The molecule has 92 valence electrons. The van der Waals surface area contributed by atoms with Gasteiger partial charge in [0.2, 0.25) is 5.91 Å². The van der Waals surface area contributed by atoms with Crippen molar-refractivity contribution in [2.75, 3.05) is 0 Å². The number of Topliss-reactive ketones (excluding diaryl/α,β-unsaturated/α-hetero) is 1. The first-order valence-electron chi connectivity index (χ1n) is 4.80. The number of rotatable bonds is 4. The van der Waals surface area contributed by atoms with Crippen LogP contribution in [-0.4, -0.2) is 18.0 Å². The lowest BCUT2D eigenvalue weighted by Gasteiger charge is -2.07. The highest BCUT2D eigenvalue weighted by molar-refractivity contribution is 5.98. The van der Waals surface area contributed by atoms with Gasteiger partial charge in [0.15, 0.2) is 0 Å². The third-order valence-corrected chi connectivity index (χ3v) is 1.88. The first-order valence-corrected chi connectivity index (χ1v) is 4.80. The zero-order valence-corrected chi connectivity index (χ0v) is 8.75. The van der Waals surface area contributed by atoms with Gasteiger partial charge in [-0.25, -0.2) is 0 Å². The van der Waals surface area contributed by atoms with Gasteiger partial charge in [-0.3, -0.25) is 14.9 Å². The molecule has 0 spiro atoms. The van der Waals surface area contributed by atoms with E-state index in [0.717, 1.165) is 5.32 Å². The van der Waals surface area contributed by atoms with E-state index in [1.165, 1.54) is 0 Å². The third-order valence-electron chi connectivity index (χ3n) is 1.88. The second-order valence-electron chi connectivity index (χ2n) is 3.42. The van der Waals surface area contributed by atoms with Crippen LogP contribution in [0.1, 0.15) is 12.0 Å². The van der Waals surface area contributed by atoms with Gasteiger partial charge in [-0.1, -0.05) is 30.3 Å². The number of carbonyl (C=O) groups is 2. The van der Waals surface area contributed by atoms with Gasteiger partial charge in [-0.2, -0.15) is 13.2 Å². The largest absolute Gasteiger partial charge is 0.484 e. The molecule has 0 saturated carbocycles. The van der Waals surface area contributed by atoms with Gasteiger partial charge in [-0.15, -0.1) is 0 Å². The zero-order valence-electron chi connectivity index (χ0n) is 8.75. The summed E-state index contributed by atoms with van der Waals surface area (Å²) in [6.45, 7) is 0. The van der Waals surface area contributed by atoms with Crippen LogP contribution in [0.5, 0.6) is 0 Å². The lowest BCUT2D eigenvalue weighted by molar-refractivity contribution is -0.169. The molecule has 6 heteroatoms. The maximum absolute atomic E-state index is 11.7. The van der Waals surface area contributed by atoms with E-state index < -0.39 is 24.4 Å². The molecule has 1 aromatic rings. The minimum Gasteiger partial charge on any atom is -0.299 e. The summed E-state index contributed by atoms with van der Waals surface area (Å²) in [4.78, 5) is 22.1. The Hall–Kier alpha value is -1.85. The molecule has 0 aromatic heterocycles. The molecule has 0 saturated heterocycles. The summed E-state index contributed by atoms with van der Waals surface area (Å²) in [6.07, 6.45) is -5.61. The van der Waals surface area contributed by atoms with E-state index in [-0.39, 0.29) is 6.42 Å². The monoisotopic (exact) mass is 245 g/mol. The van der Waals surface area contributed by atoms with Crippen LogP contribution in [0.15, 0.2) is 30.3 Å². The summed E-state index contributed by atoms with van der Waals surface area (Å²) in [5.41, 5.74) is 0.664. The highest BCUT2D eigenvalue weighted by atomic mass is 19.4. The Morgan fingerprint density at radius 2 is 1.71 bits per heavy atom. The van der Waals surface area contributed by atoms with Gasteiger partial charge in [0.25, 0.3) is 0 Å². The Kier molecular flexibility index (Phi) is 4.25. The van der Waals surface area contributed by atoms with Gasteiger partial charge in [-0.05, 0) is 5.56 Å². The summed E-state index contributed by atoms with van der Waals surface area (Å²) in [6, 6.07) is 8.50. The summed E-state index contributed by atoms with van der Waals surface area (Å²) in [5, 5.41) is 0.776. The van der Waals surface area contributed by atoms with Crippen molar-refractivity contribution in [1.82, 2.24) is 5.32 Å². The Morgan fingerprint density at radius 1 is 1.12 bits per heavy atom. The van der Waals surface area contributed by atoms with Gasteiger partial charge >= 0.3 is 6.30 Å². The Bertz CT molecular complexity index is 401. The third kappa shape index (κ3) is 5.70. The molecule has 1 rings (SSSR count). The van der Waals surface area contributed by atoms with Crippen molar-refractivity contribution in [1.29, 1.82) is 0 Å². The van der Waals surface area contributed by atoms with Crippen molar-refractivity contribution in [3.05, 3.63) is 35.9 Å². The summed E-state index contributed by atoms with van der Waals surface area (Å²) in [7, 11) is 0. The fraction of sp³-hybridized carbons (Fsp3) is 0.273. The second kappa shape index (κ2) is 5.47. The molecule has 3 nitrogen and oxygen atoms in total. The molecule has 0 aliphatic carbocycles. The van der Waals surface area contributed by atoms with E-state index in [0.29, 0.717) is 5.56 Å². The molecular weight excluding hydrogens is 235 g/mol. The van der Waals surface area contributed by atoms with Crippen molar-refractivity contribution in [2.45, 2.75) is 19.1 Å². The number of ketones is 1. The number of benzene rings is 1. The van der Waals surface area contributed by atoms with E-state index in [9.17, 15) is 22.8 Å². The number of hydrogen-bond donors (Lipinski definition) is 1. The lowest BCUT2D eigenvalue weighted by Crippen LogP contribution is -2.38. The summed E-state index contributed by atoms with van der Waals surface area (Å²) >= 11 is 0. The van der Waals surface area contributed by atoms with Crippen molar-refractivity contribution in [2.24, 2.45) is 0 Å². The zero-order chi connectivity index (χ0) is 12.9. The molecule has 1 N–H and O–H groups in total. The van der Waals surface area contributed by atoms with Crippen molar-refractivity contribution in [3.63, 3.8) is 0 Å². The first kappa shape index (κ1) is 13.2. The lowest BCUT2D eigenvalue weighted by atomic mass is 10.1. The molecule has 17 heavy (non-hydrogen) atoms. The first-order chi connectivity index (χ1) is 7.87. The van der Waals surface area contributed by atoms with Crippen molar-refractivity contribution in [3.8, 4) is 0 Å². The standard InChI is InChI=1S/C11H10F3NO2/c12-11(13,14)15-10(17)7-9(16)6-8-4-2-1-3-5-8/h1-5H,6-7H2,(H,15,17). The number of alkyl halides is 3. The van der Waals surface area contributed by atoms with E-state index in [1.54, 1.807) is 30.3 Å². The second-order valence-corrected chi connectivity index (χ2v) is 3.42. The van der Waals surface area contributed by atoms with Crippen molar-refractivity contribution >= 4 is 11.7 Å². The number of nitrogens with one attached hydrogen (secondary N) is 1. The number of halogens is 3. The van der Waals surface area contributed by atoms with Crippen LogP contribution < -0.4 is 5.32 Å². The Labute approximate surface area is 95.6 Å². The van der Waals surface area contributed by atoms with Crippen LogP contribution in [0.25, 0.3) is 0 Å². The van der Waals surface area contributed by atoms with Crippen LogP contribution in [0.2, 0.25) is 0 Å². The van der Waals surface area contributed by atoms with E-state index in [4.69, 9.17) is 0 Å².